The number of aryl methyl sites for hydroxylation is 1. The molecule has 2 aromatic rings. The van der Waals surface area contributed by atoms with Crippen LogP contribution in [0.15, 0.2) is 24.5 Å². The van der Waals surface area contributed by atoms with Gasteiger partial charge < -0.3 is 10.1 Å². The van der Waals surface area contributed by atoms with Crippen LogP contribution in [0.3, 0.4) is 0 Å². The summed E-state index contributed by atoms with van der Waals surface area (Å²) in [4.78, 5) is 4.24. The summed E-state index contributed by atoms with van der Waals surface area (Å²) in [6.45, 7) is 2.96. The van der Waals surface area contributed by atoms with Crippen molar-refractivity contribution in [2.45, 2.75) is 25.9 Å². The van der Waals surface area contributed by atoms with Gasteiger partial charge >= 0.3 is 0 Å². The highest BCUT2D eigenvalue weighted by Crippen LogP contribution is 2.27. The Morgan fingerprint density at radius 1 is 1.47 bits per heavy atom. The Hall–Kier alpha value is -1.95. The number of ether oxygens (including phenoxy) is 1. The maximum Gasteiger partial charge on any atom is 0.218 e. The van der Waals surface area contributed by atoms with E-state index in [2.05, 4.69) is 27.5 Å². The number of pyridine rings is 1. The molecule has 0 aromatic carbocycles. The highest BCUT2D eigenvalue weighted by atomic mass is 16.5. The van der Waals surface area contributed by atoms with Crippen molar-refractivity contribution >= 4 is 0 Å². The number of hydrogen-bond acceptors (Lipinski definition) is 5. The molecule has 0 saturated heterocycles. The van der Waals surface area contributed by atoms with Gasteiger partial charge in [-0.15, -0.1) is 5.10 Å². The van der Waals surface area contributed by atoms with E-state index in [1.807, 2.05) is 23.9 Å². The molecule has 2 aromatic heterocycles. The van der Waals surface area contributed by atoms with Gasteiger partial charge in [0, 0.05) is 18.3 Å². The van der Waals surface area contributed by atoms with E-state index in [4.69, 9.17) is 4.74 Å². The summed E-state index contributed by atoms with van der Waals surface area (Å²) in [5.74, 6) is 0.617. The van der Waals surface area contributed by atoms with Crippen LogP contribution in [-0.4, -0.2) is 34.1 Å². The van der Waals surface area contributed by atoms with Gasteiger partial charge in [0.05, 0.1) is 25.0 Å². The van der Waals surface area contributed by atoms with Crippen LogP contribution in [0, 0.1) is 0 Å². The minimum absolute atomic E-state index is 0.0369. The summed E-state index contributed by atoms with van der Waals surface area (Å²) in [5, 5.41) is 11.4. The largest absolute Gasteiger partial charge is 0.481 e. The highest BCUT2D eigenvalue weighted by Gasteiger charge is 2.21. The fourth-order valence-electron chi connectivity index (χ4n) is 2.13. The van der Waals surface area contributed by atoms with Gasteiger partial charge in [-0.2, -0.15) is 0 Å². The van der Waals surface area contributed by atoms with Gasteiger partial charge in [0.1, 0.15) is 0 Å². The molecule has 0 saturated carbocycles. The molecule has 1 N–H and O–H groups in total. The monoisotopic (exact) mass is 261 g/mol. The first-order valence-corrected chi connectivity index (χ1v) is 6.36. The molecule has 0 bridgehead atoms. The Morgan fingerprint density at radius 3 is 3.00 bits per heavy atom. The van der Waals surface area contributed by atoms with Crippen molar-refractivity contribution in [1.82, 2.24) is 25.3 Å². The van der Waals surface area contributed by atoms with Gasteiger partial charge in [0.15, 0.2) is 0 Å². The predicted octanol–water partition coefficient (Wildman–Crippen LogP) is 1.40. The maximum atomic E-state index is 5.32. The number of hydrogen-bond donors (Lipinski definition) is 1. The lowest BCUT2D eigenvalue weighted by Gasteiger charge is -2.19. The smallest absolute Gasteiger partial charge is 0.218 e. The lowest BCUT2D eigenvalue weighted by molar-refractivity contribution is 0.386. The zero-order chi connectivity index (χ0) is 13.7. The first kappa shape index (κ1) is 13.5. The van der Waals surface area contributed by atoms with E-state index in [9.17, 15) is 0 Å². The number of nitrogens with zero attached hydrogens (tertiary/aromatic N) is 4. The molecule has 102 valence electrons. The Kier molecular flexibility index (Phi) is 4.46. The molecule has 0 spiro atoms. The van der Waals surface area contributed by atoms with E-state index < -0.39 is 0 Å². The molecule has 19 heavy (non-hydrogen) atoms. The van der Waals surface area contributed by atoms with Crippen LogP contribution in [0.1, 0.15) is 30.6 Å². The minimum atomic E-state index is -0.0369. The summed E-state index contributed by atoms with van der Waals surface area (Å²) >= 11 is 0. The summed E-state index contributed by atoms with van der Waals surface area (Å²) in [6.07, 6.45) is 4.51. The van der Waals surface area contributed by atoms with Gasteiger partial charge in [-0.1, -0.05) is 18.2 Å². The van der Waals surface area contributed by atoms with E-state index in [1.54, 1.807) is 19.5 Å². The Balaban J connectivity index is 2.41. The lowest BCUT2D eigenvalue weighted by atomic mass is 10.1. The molecule has 0 aliphatic carbocycles. The molecular formula is C13H19N5O. The minimum Gasteiger partial charge on any atom is -0.481 e. The molecule has 0 amide bonds. The predicted molar refractivity (Wildman–Crippen MR) is 72.0 cm³/mol. The number of methoxy groups -OCH3 is 1. The van der Waals surface area contributed by atoms with Crippen molar-refractivity contribution in [1.29, 1.82) is 0 Å². The topological polar surface area (TPSA) is 64.9 Å². The summed E-state index contributed by atoms with van der Waals surface area (Å²) < 4.78 is 7.24. The van der Waals surface area contributed by atoms with Crippen LogP contribution < -0.4 is 10.1 Å². The van der Waals surface area contributed by atoms with Crippen LogP contribution in [0.4, 0.5) is 0 Å². The fraction of sp³-hybridized carbons (Fsp3) is 0.462. The third-order valence-corrected chi connectivity index (χ3v) is 2.97. The van der Waals surface area contributed by atoms with Gasteiger partial charge in [0.25, 0.3) is 0 Å². The quantitative estimate of drug-likeness (QED) is 0.851. The third kappa shape index (κ3) is 2.73. The van der Waals surface area contributed by atoms with Crippen LogP contribution >= 0.6 is 0 Å². The Labute approximate surface area is 112 Å². The summed E-state index contributed by atoms with van der Waals surface area (Å²) in [7, 11) is 3.53. The van der Waals surface area contributed by atoms with Gasteiger partial charge in [-0.05, 0) is 19.5 Å². The second-order valence-corrected chi connectivity index (χ2v) is 4.21. The van der Waals surface area contributed by atoms with Crippen molar-refractivity contribution in [2.24, 2.45) is 0 Å². The lowest BCUT2D eigenvalue weighted by Crippen LogP contribution is -2.22. The first-order valence-electron chi connectivity index (χ1n) is 6.36. The maximum absolute atomic E-state index is 5.32. The molecule has 6 heteroatoms. The fourth-order valence-corrected chi connectivity index (χ4v) is 2.13. The molecule has 0 fully saturated rings. The second-order valence-electron chi connectivity index (χ2n) is 4.21. The van der Waals surface area contributed by atoms with Crippen molar-refractivity contribution in [3.63, 3.8) is 0 Å². The third-order valence-electron chi connectivity index (χ3n) is 2.97. The van der Waals surface area contributed by atoms with E-state index >= 15 is 0 Å². The summed E-state index contributed by atoms with van der Waals surface area (Å²) in [5.41, 5.74) is 1.99. The normalized spacial score (nSPS) is 12.4. The van der Waals surface area contributed by atoms with Crippen LogP contribution in [0.2, 0.25) is 0 Å². The van der Waals surface area contributed by atoms with Crippen LogP contribution in [0.25, 0.3) is 0 Å². The van der Waals surface area contributed by atoms with E-state index in [0.717, 1.165) is 24.2 Å². The molecule has 2 rings (SSSR count). The van der Waals surface area contributed by atoms with E-state index in [0.29, 0.717) is 5.88 Å². The van der Waals surface area contributed by atoms with E-state index in [-0.39, 0.29) is 6.04 Å². The first-order chi connectivity index (χ1) is 9.31. The second kappa shape index (κ2) is 6.29. The molecule has 0 aliphatic rings. The standard InChI is InChI=1S/C13H19N5O/c1-4-8-18-11(9-16-17-18)12(14-2)10-6-5-7-15-13(10)19-3/h5-7,9,12,14H,4,8H2,1-3H3. The van der Waals surface area contributed by atoms with Crippen molar-refractivity contribution in [3.05, 3.63) is 35.8 Å². The molecule has 1 atom stereocenters. The van der Waals surface area contributed by atoms with Crippen LogP contribution in [0.5, 0.6) is 5.88 Å². The molecule has 6 nitrogen and oxygen atoms in total. The van der Waals surface area contributed by atoms with Gasteiger partial charge in [0.2, 0.25) is 5.88 Å². The average Bonchev–Trinajstić information content (AvgIpc) is 2.89. The molecule has 1 unspecified atom stereocenters. The van der Waals surface area contributed by atoms with Crippen molar-refractivity contribution < 1.29 is 4.74 Å². The van der Waals surface area contributed by atoms with E-state index in [1.165, 1.54) is 0 Å². The van der Waals surface area contributed by atoms with Gasteiger partial charge in [-0.25, -0.2) is 9.67 Å². The SMILES string of the molecule is CCCn1nncc1C(NC)c1cccnc1OC. The molecule has 2 heterocycles. The highest BCUT2D eigenvalue weighted by molar-refractivity contribution is 5.34. The number of aromatic nitrogens is 4. The Morgan fingerprint density at radius 2 is 2.32 bits per heavy atom. The van der Waals surface area contributed by atoms with Crippen molar-refractivity contribution in [2.75, 3.05) is 14.2 Å². The molecule has 0 aliphatic heterocycles. The zero-order valence-electron chi connectivity index (χ0n) is 11.5. The van der Waals surface area contributed by atoms with Gasteiger partial charge in [-0.3, -0.25) is 0 Å². The summed E-state index contributed by atoms with van der Waals surface area (Å²) in [6, 6.07) is 3.86. The van der Waals surface area contributed by atoms with Crippen LogP contribution in [-0.2, 0) is 6.54 Å². The van der Waals surface area contributed by atoms with Crippen molar-refractivity contribution in [3.8, 4) is 5.88 Å². The Bertz CT molecular complexity index is 525. The zero-order valence-corrected chi connectivity index (χ0v) is 11.5. The number of nitrogens with one attached hydrogen (secondary N) is 1. The molecule has 0 radical (unpaired) electrons. The average molecular weight is 261 g/mol. The molecular weight excluding hydrogens is 242 g/mol. The number of rotatable bonds is 6.